The standard InChI is InChI=1S/C35H30F5N3O4/c1-42(2)16-15-19-13-14-28-24(17-19)31(35(38,39)40)29(33(45)43(28)3)23-10-5-8-21-20(7-4-9-22(21)23)18-27(34(46)47)41-32(44)30-25(36)11-6-12-26(30)37/h4-14,17,27H,15-16,18H2,1-3H3,(H,41,44)(H,46,47)/t27-/m0/s1. The van der Waals surface area contributed by atoms with Crippen LogP contribution in [0.5, 0.6) is 0 Å². The Bertz CT molecular complexity index is 2070. The first-order valence-electron chi connectivity index (χ1n) is 14.5. The maximum atomic E-state index is 15.0. The number of pyridine rings is 1. The largest absolute Gasteiger partial charge is 0.480 e. The number of carbonyl (C=O) groups excluding carboxylic acids is 1. The summed E-state index contributed by atoms with van der Waals surface area (Å²) in [6, 6.07) is 14.7. The molecule has 12 heteroatoms. The van der Waals surface area contributed by atoms with E-state index in [0.717, 1.165) is 18.2 Å². The number of rotatable bonds is 9. The minimum atomic E-state index is -4.92. The smallest absolute Gasteiger partial charge is 0.417 e. The van der Waals surface area contributed by atoms with Crippen LogP contribution in [0.15, 0.2) is 77.6 Å². The van der Waals surface area contributed by atoms with Crippen molar-refractivity contribution in [3.63, 3.8) is 0 Å². The number of amides is 1. The molecule has 1 aromatic heterocycles. The first-order chi connectivity index (χ1) is 22.2. The Morgan fingerprint density at radius 3 is 2.19 bits per heavy atom. The summed E-state index contributed by atoms with van der Waals surface area (Å²) in [5, 5.41) is 12.5. The lowest BCUT2D eigenvalue weighted by Crippen LogP contribution is -2.43. The second kappa shape index (κ2) is 13.0. The number of fused-ring (bicyclic) bond motifs is 2. The fourth-order valence-corrected chi connectivity index (χ4v) is 5.78. The summed E-state index contributed by atoms with van der Waals surface area (Å²) in [5.41, 5.74) is -2.38. The molecule has 0 aliphatic carbocycles. The molecule has 4 aromatic carbocycles. The van der Waals surface area contributed by atoms with E-state index in [1.165, 1.54) is 54.1 Å². The number of benzene rings is 4. The van der Waals surface area contributed by atoms with Crippen LogP contribution >= 0.6 is 0 Å². The van der Waals surface area contributed by atoms with E-state index in [0.29, 0.717) is 29.5 Å². The van der Waals surface area contributed by atoms with Crippen molar-refractivity contribution in [2.45, 2.75) is 25.1 Å². The molecule has 2 N–H and O–H groups in total. The second-order valence-corrected chi connectivity index (χ2v) is 11.5. The third-order valence-electron chi connectivity index (χ3n) is 8.09. The lowest BCUT2D eigenvalue weighted by molar-refractivity contribution is -0.139. The Labute approximate surface area is 265 Å². The highest BCUT2D eigenvalue weighted by Gasteiger charge is 2.38. The Morgan fingerprint density at radius 2 is 1.55 bits per heavy atom. The number of alkyl halides is 3. The molecule has 5 rings (SSSR count). The maximum absolute atomic E-state index is 15.0. The molecule has 244 valence electrons. The summed E-state index contributed by atoms with van der Waals surface area (Å²) in [6.45, 7) is 0.602. The third kappa shape index (κ3) is 6.59. The summed E-state index contributed by atoms with van der Waals surface area (Å²) >= 11 is 0. The summed E-state index contributed by atoms with van der Waals surface area (Å²) < 4.78 is 74.5. The van der Waals surface area contributed by atoms with Crippen molar-refractivity contribution in [1.29, 1.82) is 0 Å². The lowest BCUT2D eigenvalue weighted by Gasteiger charge is -2.21. The maximum Gasteiger partial charge on any atom is 0.417 e. The molecule has 0 radical (unpaired) electrons. The van der Waals surface area contributed by atoms with Crippen LogP contribution < -0.4 is 10.9 Å². The summed E-state index contributed by atoms with van der Waals surface area (Å²) in [4.78, 5) is 40.5. The molecule has 1 heterocycles. The molecular weight excluding hydrogens is 621 g/mol. The summed E-state index contributed by atoms with van der Waals surface area (Å²) in [6.07, 6.45) is -4.81. The number of halogens is 5. The normalized spacial score (nSPS) is 12.5. The van der Waals surface area contributed by atoms with E-state index < -0.39 is 58.0 Å². The number of likely N-dealkylation sites (N-methyl/N-ethyl adjacent to an activating group) is 1. The molecule has 1 atom stereocenters. The van der Waals surface area contributed by atoms with Gasteiger partial charge in [0.05, 0.1) is 16.6 Å². The zero-order valence-electron chi connectivity index (χ0n) is 25.6. The monoisotopic (exact) mass is 651 g/mol. The van der Waals surface area contributed by atoms with Gasteiger partial charge in [-0.1, -0.05) is 48.5 Å². The zero-order valence-corrected chi connectivity index (χ0v) is 25.6. The van der Waals surface area contributed by atoms with Gasteiger partial charge in [0.1, 0.15) is 23.2 Å². The highest BCUT2D eigenvalue weighted by molar-refractivity contribution is 6.02. The molecule has 0 fully saturated rings. The number of carbonyl (C=O) groups is 2. The van der Waals surface area contributed by atoms with Crippen LogP contribution in [-0.2, 0) is 30.9 Å². The van der Waals surface area contributed by atoms with E-state index in [9.17, 15) is 41.4 Å². The zero-order chi connectivity index (χ0) is 34.2. The van der Waals surface area contributed by atoms with Crippen molar-refractivity contribution < 1.29 is 36.6 Å². The first kappa shape index (κ1) is 33.3. The molecule has 47 heavy (non-hydrogen) atoms. The number of nitrogens with zero attached hydrogens (tertiary/aromatic N) is 2. The quantitative estimate of drug-likeness (QED) is 0.186. The number of aromatic nitrogens is 1. The predicted molar refractivity (Wildman–Crippen MR) is 168 cm³/mol. The number of hydrogen-bond acceptors (Lipinski definition) is 4. The average Bonchev–Trinajstić information content (AvgIpc) is 3.00. The average molecular weight is 652 g/mol. The Kier molecular flexibility index (Phi) is 9.17. The van der Waals surface area contributed by atoms with Gasteiger partial charge in [-0.15, -0.1) is 0 Å². The van der Waals surface area contributed by atoms with Gasteiger partial charge in [-0.25, -0.2) is 13.6 Å². The van der Waals surface area contributed by atoms with E-state index in [1.807, 2.05) is 19.0 Å². The van der Waals surface area contributed by atoms with Gasteiger partial charge in [0, 0.05) is 25.4 Å². The van der Waals surface area contributed by atoms with Crippen molar-refractivity contribution in [2.75, 3.05) is 20.6 Å². The summed E-state index contributed by atoms with van der Waals surface area (Å²) in [7, 11) is 5.12. The number of nitrogens with one attached hydrogen (secondary N) is 1. The molecule has 0 bridgehead atoms. The van der Waals surface area contributed by atoms with E-state index >= 15 is 0 Å². The predicted octanol–water partition coefficient (Wildman–Crippen LogP) is 6.19. The topological polar surface area (TPSA) is 91.6 Å². The van der Waals surface area contributed by atoms with Crippen LogP contribution in [-0.4, -0.2) is 53.1 Å². The highest BCUT2D eigenvalue weighted by atomic mass is 19.4. The van der Waals surface area contributed by atoms with Gasteiger partial charge in [0.25, 0.3) is 11.5 Å². The minimum absolute atomic E-state index is 0.0118. The molecule has 0 spiro atoms. The first-order valence-corrected chi connectivity index (χ1v) is 14.5. The molecule has 0 unspecified atom stereocenters. The molecule has 7 nitrogen and oxygen atoms in total. The SMILES string of the molecule is CN(C)CCc1ccc2c(c1)c(C(F)(F)F)c(-c1cccc3c(C[C@H](NC(=O)c4c(F)cccc4F)C(=O)O)cccc13)c(=O)n2C. The van der Waals surface area contributed by atoms with Crippen molar-refractivity contribution in [1.82, 2.24) is 14.8 Å². The van der Waals surface area contributed by atoms with Crippen LogP contribution in [0.25, 0.3) is 32.8 Å². The highest BCUT2D eigenvalue weighted by Crippen LogP contribution is 2.42. The van der Waals surface area contributed by atoms with E-state index in [2.05, 4.69) is 5.32 Å². The van der Waals surface area contributed by atoms with Crippen LogP contribution in [0, 0.1) is 11.6 Å². The van der Waals surface area contributed by atoms with Gasteiger partial charge < -0.3 is 19.9 Å². The number of carboxylic acid groups (broad SMARTS) is 1. The Balaban J connectivity index is 1.65. The Morgan fingerprint density at radius 1 is 0.915 bits per heavy atom. The van der Waals surface area contributed by atoms with Crippen molar-refractivity contribution in [3.05, 3.63) is 117 Å². The van der Waals surface area contributed by atoms with Crippen molar-refractivity contribution in [3.8, 4) is 11.1 Å². The fraction of sp³-hybridized carbons (Fsp3) is 0.229. The van der Waals surface area contributed by atoms with Gasteiger partial charge in [-0.05, 0) is 72.2 Å². The van der Waals surface area contributed by atoms with Crippen LogP contribution in [0.1, 0.15) is 27.0 Å². The summed E-state index contributed by atoms with van der Waals surface area (Å²) in [5.74, 6) is -5.14. The van der Waals surface area contributed by atoms with E-state index in [4.69, 9.17) is 0 Å². The second-order valence-electron chi connectivity index (χ2n) is 11.5. The number of aliphatic carboxylic acids is 1. The molecule has 0 aliphatic rings. The van der Waals surface area contributed by atoms with Crippen LogP contribution in [0.3, 0.4) is 0 Å². The Hall–Kier alpha value is -5.10. The molecule has 0 aliphatic heterocycles. The lowest BCUT2D eigenvalue weighted by atomic mass is 9.90. The van der Waals surface area contributed by atoms with Crippen LogP contribution in [0.4, 0.5) is 22.0 Å². The number of hydrogen-bond donors (Lipinski definition) is 2. The minimum Gasteiger partial charge on any atom is -0.480 e. The van der Waals surface area contributed by atoms with Gasteiger partial charge in [-0.3, -0.25) is 9.59 Å². The third-order valence-corrected chi connectivity index (χ3v) is 8.09. The van der Waals surface area contributed by atoms with E-state index in [1.54, 1.807) is 12.1 Å². The molecule has 5 aromatic rings. The van der Waals surface area contributed by atoms with Crippen molar-refractivity contribution in [2.24, 2.45) is 7.05 Å². The van der Waals surface area contributed by atoms with E-state index in [-0.39, 0.29) is 28.3 Å². The van der Waals surface area contributed by atoms with Gasteiger partial charge in [0.2, 0.25) is 0 Å². The van der Waals surface area contributed by atoms with Crippen LogP contribution in [0.2, 0.25) is 0 Å². The molecule has 0 saturated heterocycles. The molecule has 0 saturated carbocycles. The van der Waals surface area contributed by atoms with Gasteiger partial charge in [-0.2, -0.15) is 13.2 Å². The van der Waals surface area contributed by atoms with Gasteiger partial charge in [0.15, 0.2) is 0 Å². The number of aryl methyl sites for hydroxylation is 1. The molecule has 1 amide bonds. The number of carboxylic acids is 1. The fourth-order valence-electron chi connectivity index (χ4n) is 5.78. The van der Waals surface area contributed by atoms with Gasteiger partial charge >= 0.3 is 12.1 Å². The van der Waals surface area contributed by atoms with Crippen molar-refractivity contribution >= 4 is 33.6 Å². The molecular formula is C35H30F5N3O4.